The fraction of sp³-hybridized carbons (Fsp3) is 0.714. The first kappa shape index (κ1) is 20.7. The van der Waals surface area contributed by atoms with Crippen molar-refractivity contribution in [1.82, 2.24) is 10.2 Å². The number of nitrogens with zero attached hydrogens (tertiary/aromatic N) is 2. The maximum Gasteiger partial charge on any atom is 0.490 e. The predicted octanol–water partition coefficient (Wildman–Crippen LogP) is -0.156. The second-order valence-electron chi connectivity index (χ2n) is 5.77. The summed E-state index contributed by atoms with van der Waals surface area (Å²) in [6.07, 6.45) is -2.85. The van der Waals surface area contributed by atoms with Crippen LogP contribution in [-0.4, -0.2) is 59.6 Å². The van der Waals surface area contributed by atoms with Crippen LogP contribution in [0.2, 0.25) is 0 Å². The Morgan fingerprint density at radius 3 is 2.40 bits per heavy atom. The number of amides is 2. The monoisotopic (exact) mass is 364 g/mol. The lowest BCUT2D eigenvalue weighted by atomic mass is 10.1. The van der Waals surface area contributed by atoms with Gasteiger partial charge in [-0.1, -0.05) is 0 Å². The van der Waals surface area contributed by atoms with Gasteiger partial charge in [-0.25, -0.2) is 4.79 Å². The van der Waals surface area contributed by atoms with E-state index in [9.17, 15) is 22.8 Å². The van der Waals surface area contributed by atoms with E-state index in [1.807, 2.05) is 0 Å². The van der Waals surface area contributed by atoms with E-state index in [4.69, 9.17) is 20.9 Å². The molecule has 4 N–H and O–H groups in total. The first-order valence-corrected chi connectivity index (χ1v) is 7.52. The molecular weight excluding hydrogens is 345 g/mol. The van der Waals surface area contributed by atoms with E-state index in [1.54, 1.807) is 11.9 Å². The van der Waals surface area contributed by atoms with E-state index < -0.39 is 18.2 Å². The van der Waals surface area contributed by atoms with E-state index in [0.29, 0.717) is 13.0 Å². The maximum atomic E-state index is 12.2. The minimum atomic E-state index is -5.08. The molecule has 1 saturated heterocycles. The van der Waals surface area contributed by atoms with Crippen LogP contribution in [0.4, 0.5) is 13.2 Å². The number of carboxylic acids is 1. The average Bonchev–Trinajstić information content (AvgIpc) is 3.21. The lowest BCUT2D eigenvalue weighted by molar-refractivity contribution is -0.192. The molecule has 0 aromatic carbocycles. The van der Waals surface area contributed by atoms with Crippen molar-refractivity contribution in [2.45, 2.75) is 37.5 Å². The van der Waals surface area contributed by atoms with Crippen LogP contribution in [0.5, 0.6) is 0 Å². The molecule has 0 unspecified atom stereocenters. The zero-order valence-electron chi connectivity index (χ0n) is 13.4. The van der Waals surface area contributed by atoms with Crippen LogP contribution in [0.15, 0.2) is 0 Å². The van der Waals surface area contributed by atoms with E-state index in [2.05, 4.69) is 11.4 Å². The molecule has 2 rings (SSSR count). The lowest BCUT2D eigenvalue weighted by Crippen LogP contribution is -2.47. The number of hydrogen-bond acceptors (Lipinski definition) is 5. The van der Waals surface area contributed by atoms with E-state index in [0.717, 1.165) is 12.8 Å². The minimum Gasteiger partial charge on any atom is -0.475 e. The van der Waals surface area contributed by atoms with Crippen LogP contribution in [-0.2, 0) is 14.4 Å². The van der Waals surface area contributed by atoms with Crippen molar-refractivity contribution in [3.8, 4) is 6.07 Å². The molecule has 0 aromatic heterocycles. The largest absolute Gasteiger partial charge is 0.490 e. The van der Waals surface area contributed by atoms with Crippen molar-refractivity contribution >= 4 is 17.8 Å². The number of carbonyl (C=O) groups excluding carboxylic acids is 2. The van der Waals surface area contributed by atoms with Crippen LogP contribution < -0.4 is 11.1 Å². The highest BCUT2D eigenvalue weighted by Crippen LogP contribution is 2.41. The second-order valence-corrected chi connectivity index (χ2v) is 5.77. The Labute approximate surface area is 141 Å². The van der Waals surface area contributed by atoms with E-state index >= 15 is 0 Å². The number of nitriles is 1. The molecule has 25 heavy (non-hydrogen) atoms. The Hall–Kier alpha value is -2.35. The summed E-state index contributed by atoms with van der Waals surface area (Å²) in [7, 11) is 1.58. The number of alkyl halides is 3. The third-order valence-corrected chi connectivity index (χ3v) is 4.10. The maximum absolute atomic E-state index is 12.2. The molecular formula is C14H19F3N4O4. The third kappa shape index (κ3) is 5.32. The SMILES string of the molecule is CNC(=O)[C@H]1C[C@H]1[C@H](N)C(=O)N1CCC[C@H]1C#N.O=C(O)C(F)(F)F. The third-order valence-electron chi connectivity index (χ3n) is 4.10. The van der Waals surface area contributed by atoms with Crippen molar-refractivity contribution in [3.63, 3.8) is 0 Å². The second kappa shape index (κ2) is 8.15. The fourth-order valence-corrected chi connectivity index (χ4v) is 2.64. The Morgan fingerprint density at radius 1 is 1.40 bits per heavy atom. The number of hydrogen-bond donors (Lipinski definition) is 3. The van der Waals surface area contributed by atoms with E-state index in [-0.39, 0.29) is 29.7 Å². The van der Waals surface area contributed by atoms with Crippen molar-refractivity contribution in [3.05, 3.63) is 0 Å². The number of likely N-dealkylation sites (tertiary alicyclic amines) is 1. The molecule has 8 nitrogen and oxygen atoms in total. The van der Waals surface area contributed by atoms with Crippen LogP contribution in [0, 0.1) is 23.2 Å². The van der Waals surface area contributed by atoms with Crippen molar-refractivity contribution in [2.75, 3.05) is 13.6 Å². The van der Waals surface area contributed by atoms with Gasteiger partial charge in [-0.3, -0.25) is 9.59 Å². The molecule has 0 spiro atoms. The van der Waals surface area contributed by atoms with Gasteiger partial charge in [0, 0.05) is 19.5 Å². The number of aliphatic carboxylic acids is 1. The number of carboxylic acid groups (broad SMARTS) is 1. The normalized spacial score (nSPS) is 25.9. The topological polar surface area (TPSA) is 137 Å². The van der Waals surface area contributed by atoms with Gasteiger partial charge < -0.3 is 21.1 Å². The Kier molecular flexibility index (Phi) is 6.75. The number of rotatable bonds is 3. The van der Waals surface area contributed by atoms with Crippen LogP contribution in [0.1, 0.15) is 19.3 Å². The number of nitrogens with one attached hydrogen (secondary N) is 1. The Bertz CT molecular complexity index is 575. The van der Waals surface area contributed by atoms with Gasteiger partial charge in [-0.15, -0.1) is 0 Å². The quantitative estimate of drug-likeness (QED) is 0.637. The van der Waals surface area contributed by atoms with Gasteiger partial charge in [-0.2, -0.15) is 18.4 Å². The Balaban J connectivity index is 0.000000381. The summed E-state index contributed by atoms with van der Waals surface area (Å²) >= 11 is 0. The van der Waals surface area contributed by atoms with Gasteiger partial charge >= 0.3 is 12.1 Å². The molecule has 0 bridgehead atoms. The van der Waals surface area contributed by atoms with Crippen LogP contribution in [0.25, 0.3) is 0 Å². The molecule has 2 amide bonds. The van der Waals surface area contributed by atoms with Crippen molar-refractivity contribution in [1.29, 1.82) is 5.26 Å². The fourth-order valence-electron chi connectivity index (χ4n) is 2.64. The highest BCUT2D eigenvalue weighted by atomic mass is 19.4. The standard InChI is InChI=1S/C12H18N4O2.C2HF3O2/c1-15-11(17)9-5-8(9)10(14)12(18)16-4-2-3-7(16)6-13;3-2(4,5)1(6)7/h7-10H,2-5,14H2,1H3,(H,15,17);(H,6,7)/t7-,8+,9-,10-;/m0./s1. The first-order chi connectivity index (χ1) is 11.5. The molecule has 0 radical (unpaired) electrons. The summed E-state index contributed by atoms with van der Waals surface area (Å²) in [5.41, 5.74) is 5.92. The van der Waals surface area contributed by atoms with E-state index in [1.165, 1.54) is 0 Å². The molecule has 1 saturated carbocycles. The first-order valence-electron chi connectivity index (χ1n) is 7.52. The van der Waals surface area contributed by atoms with Gasteiger partial charge in [0.05, 0.1) is 12.1 Å². The summed E-state index contributed by atoms with van der Waals surface area (Å²) in [5, 5.41) is 18.6. The van der Waals surface area contributed by atoms with Crippen molar-refractivity contribution < 1.29 is 32.7 Å². The van der Waals surface area contributed by atoms with Crippen LogP contribution >= 0.6 is 0 Å². The van der Waals surface area contributed by atoms with Gasteiger partial charge in [0.1, 0.15) is 6.04 Å². The lowest BCUT2D eigenvalue weighted by Gasteiger charge is -2.23. The summed E-state index contributed by atoms with van der Waals surface area (Å²) in [6, 6.07) is 1.13. The number of nitrogens with two attached hydrogens (primary N) is 1. The summed E-state index contributed by atoms with van der Waals surface area (Å²) in [5.74, 6) is -3.21. The smallest absolute Gasteiger partial charge is 0.475 e. The Morgan fingerprint density at radius 2 is 1.96 bits per heavy atom. The summed E-state index contributed by atoms with van der Waals surface area (Å²) in [4.78, 5) is 34.0. The molecule has 1 heterocycles. The molecule has 1 aliphatic heterocycles. The average molecular weight is 364 g/mol. The zero-order chi connectivity index (χ0) is 19.4. The number of halogens is 3. The molecule has 1 aliphatic carbocycles. The molecule has 4 atom stereocenters. The molecule has 0 aromatic rings. The molecule has 11 heteroatoms. The van der Waals surface area contributed by atoms with Gasteiger partial charge in [-0.05, 0) is 25.2 Å². The zero-order valence-corrected chi connectivity index (χ0v) is 13.4. The van der Waals surface area contributed by atoms with Crippen LogP contribution in [0.3, 0.4) is 0 Å². The van der Waals surface area contributed by atoms with Gasteiger partial charge in [0.25, 0.3) is 0 Å². The number of carbonyl (C=O) groups is 3. The summed E-state index contributed by atoms with van der Waals surface area (Å²) < 4.78 is 31.7. The van der Waals surface area contributed by atoms with Gasteiger partial charge in [0.15, 0.2) is 0 Å². The summed E-state index contributed by atoms with van der Waals surface area (Å²) in [6.45, 7) is 0.599. The molecule has 2 aliphatic rings. The highest BCUT2D eigenvalue weighted by Gasteiger charge is 2.50. The molecule has 2 fully saturated rings. The van der Waals surface area contributed by atoms with Crippen molar-refractivity contribution in [2.24, 2.45) is 17.6 Å². The highest BCUT2D eigenvalue weighted by molar-refractivity contribution is 5.87. The van der Waals surface area contributed by atoms with Gasteiger partial charge in [0.2, 0.25) is 11.8 Å². The minimum absolute atomic E-state index is 0.0542. The predicted molar refractivity (Wildman–Crippen MR) is 77.7 cm³/mol. The molecule has 140 valence electrons.